The van der Waals surface area contributed by atoms with Crippen LogP contribution in [0.1, 0.15) is 27.2 Å². The van der Waals surface area contributed by atoms with Crippen molar-refractivity contribution in [2.75, 3.05) is 6.54 Å². The molecule has 1 rings (SSSR count). The fourth-order valence-corrected chi connectivity index (χ4v) is 2.31. The van der Waals surface area contributed by atoms with Crippen LogP contribution in [0, 0.1) is 5.41 Å². The lowest BCUT2D eigenvalue weighted by Crippen LogP contribution is -2.49. The summed E-state index contributed by atoms with van der Waals surface area (Å²) in [5.41, 5.74) is -2.44. The maximum Gasteiger partial charge on any atom is 0.471 e. The van der Waals surface area contributed by atoms with E-state index in [1.165, 1.54) is 20.8 Å². The van der Waals surface area contributed by atoms with Crippen molar-refractivity contribution >= 4 is 11.9 Å². The fraction of sp³-hybridized carbons (Fsp3) is 0.800. The predicted octanol–water partition coefficient (Wildman–Crippen LogP) is 1.65. The Labute approximate surface area is 96.4 Å². The number of carboxylic acid groups (broad SMARTS) is 1. The topological polar surface area (TPSA) is 57.6 Å². The molecule has 0 bridgehead atoms. The molecule has 1 heterocycles. The Morgan fingerprint density at radius 1 is 1.24 bits per heavy atom. The summed E-state index contributed by atoms with van der Waals surface area (Å²) in [4.78, 5) is 22.8. The van der Waals surface area contributed by atoms with E-state index in [1.54, 1.807) is 0 Å². The van der Waals surface area contributed by atoms with Crippen LogP contribution in [0.5, 0.6) is 0 Å². The van der Waals surface area contributed by atoms with Gasteiger partial charge in [0.25, 0.3) is 0 Å². The Morgan fingerprint density at radius 2 is 1.71 bits per heavy atom. The van der Waals surface area contributed by atoms with Crippen molar-refractivity contribution in [2.45, 2.75) is 38.9 Å². The molecule has 0 aromatic rings. The largest absolute Gasteiger partial charge is 0.481 e. The van der Waals surface area contributed by atoms with Crippen molar-refractivity contribution in [2.24, 2.45) is 5.41 Å². The van der Waals surface area contributed by atoms with Crippen molar-refractivity contribution in [3.05, 3.63) is 0 Å². The van der Waals surface area contributed by atoms with Gasteiger partial charge in [0, 0.05) is 12.1 Å². The van der Waals surface area contributed by atoms with Crippen LogP contribution in [0.15, 0.2) is 0 Å². The lowest BCUT2D eigenvalue weighted by atomic mass is 9.84. The van der Waals surface area contributed by atoms with Crippen molar-refractivity contribution in [1.29, 1.82) is 0 Å². The molecule has 17 heavy (non-hydrogen) atoms. The molecule has 4 nitrogen and oxygen atoms in total. The molecule has 0 aliphatic carbocycles. The smallest absolute Gasteiger partial charge is 0.471 e. The van der Waals surface area contributed by atoms with Gasteiger partial charge in [-0.05, 0) is 27.2 Å². The van der Waals surface area contributed by atoms with E-state index in [0.29, 0.717) is 4.90 Å². The Bertz CT molecular complexity index is 364. The van der Waals surface area contributed by atoms with Crippen molar-refractivity contribution in [1.82, 2.24) is 4.90 Å². The van der Waals surface area contributed by atoms with Crippen LogP contribution in [0.2, 0.25) is 0 Å². The van der Waals surface area contributed by atoms with Crippen molar-refractivity contribution in [3.8, 4) is 0 Å². The first-order valence-corrected chi connectivity index (χ1v) is 5.02. The number of carbonyl (C=O) groups excluding carboxylic acids is 1. The maximum atomic E-state index is 12.4. The third kappa shape index (κ3) is 2.37. The average Bonchev–Trinajstić information content (AvgIpc) is 2.34. The van der Waals surface area contributed by atoms with Gasteiger partial charge in [-0.1, -0.05) is 0 Å². The highest BCUT2D eigenvalue weighted by atomic mass is 19.4. The van der Waals surface area contributed by atoms with Gasteiger partial charge in [0.05, 0.1) is 5.41 Å². The lowest BCUT2D eigenvalue weighted by Gasteiger charge is -2.31. The van der Waals surface area contributed by atoms with Crippen LogP contribution < -0.4 is 0 Å². The van der Waals surface area contributed by atoms with E-state index in [-0.39, 0.29) is 6.42 Å². The first kappa shape index (κ1) is 13.8. The second-order valence-electron chi connectivity index (χ2n) is 5.24. The minimum atomic E-state index is -4.97. The number of amides is 1. The van der Waals surface area contributed by atoms with Gasteiger partial charge in [0.1, 0.15) is 0 Å². The summed E-state index contributed by atoms with van der Waals surface area (Å²) < 4.78 is 37.1. The summed E-state index contributed by atoms with van der Waals surface area (Å²) in [6.07, 6.45) is -4.97. The van der Waals surface area contributed by atoms with Crippen LogP contribution >= 0.6 is 0 Å². The van der Waals surface area contributed by atoms with Gasteiger partial charge in [-0.15, -0.1) is 0 Å². The predicted molar refractivity (Wildman–Crippen MR) is 52.2 cm³/mol. The van der Waals surface area contributed by atoms with Crippen LogP contribution in [0.25, 0.3) is 0 Å². The molecule has 1 atom stereocenters. The van der Waals surface area contributed by atoms with Gasteiger partial charge in [-0.25, -0.2) is 0 Å². The standard InChI is InChI=1S/C10H14F3NO3/c1-8(2)4-9(3,7(16)17)5-14(8)6(15)10(11,12)13/h4-5H2,1-3H3,(H,16,17). The molecule has 1 fully saturated rings. The van der Waals surface area contributed by atoms with Crippen molar-refractivity contribution < 1.29 is 27.9 Å². The highest BCUT2D eigenvalue weighted by Gasteiger charge is 2.56. The SMILES string of the molecule is CC1(C(=O)O)CN(C(=O)C(F)(F)F)C(C)(C)C1. The molecular weight excluding hydrogens is 239 g/mol. The van der Waals surface area contributed by atoms with E-state index in [9.17, 15) is 22.8 Å². The zero-order valence-electron chi connectivity index (χ0n) is 9.76. The van der Waals surface area contributed by atoms with Crippen LogP contribution in [-0.2, 0) is 9.59 Å². The van der Waals surface area contributed by atoms with Gasteiger partial charge in [0.15, 0.2) is 0 Å². The van der Waals surface area contributed by atoms with E-state index >= 15 is 0 Å². The van der Waals surface area contributed by atoms with Gasteiger partial charge in [-0.3, -0.25) is 9.59 Å². The van der Waals surface area contributed by atoms with E-state index in [0.717, 1.165) is 0 Å². The molecule has 1 N–H and O–H groups in total. The summed E-state index contributed by atoms with van der Waals surface area (Å²) in [6, 6.07) is 0. The van der Waals surface area contributed by atoms with E-state index < -0.39 is 35.6 Å². The number of carboxylic acids is 1. The maximum absolute atomic E-state index is 12.4. The molecule has 0 spiro atoms. The lowest BCUT2D eigenvalue weighted by molar-refractivity contribution is -0.189. The zero-order valence-corrected chi connectivity index (χ0v) is 9.76. The fourth-order valence-electron chi connectivity index (χ4n) is 2.31. The van der Waals surface area contributed by atoms with Gasteiger partial charge in [-0.2, -0.15) is 13.2 Å². The molecule has 1 aliphatic heterocycles. The molecule has 1 unspecified atom stereocenters. The molecule has 0 aromatic heterocycles. The number of carbonyl (C=O) groups is 2. The number of aliphatic carboxylic acids is 1. The summed E-state index contributed by atoms with van der Waals surface area (Å²) in [5, 5.41) is 8.99. The number of hydrogen-bond donors (Lipinski definition) is 1. The Morgan fingerprint density at radius 3 is 2.00 bits per heavy atom. The highest BCUT2D eigenvalue weighted by molar-refractivity contribution is 5.85. The van der Waals surface area contributed by atoms with Gasteiger partial charge >= 0.3 is 18.1 Å². The third-order valence-electron chi connectivity index (χ3n) is 3.06. The molecule has 1 saturated heterocycles. The number of likely N-dealkylation sites (tertiary alicyclic amines) is 1. The number of nitrogens with zero attached hydrogens (tertiary/aromatic N) is 1. The van der Waals surface area contributed by atoms with E-state index in [2.05, 4.69) is 0 Å². The minimum absolute atomic E-state index is 0.00282. The molecule has 0 aromatic carbocycles. The average molecular weight is 253 g/mol. The zero-order chi connectivity index (χ0) is 13.6. The third-order valence-corrected chi connectivity index (χ3v) is 3.06. The summed E-state index contributed by atoms with van der Waals surface area (Å²) in [7, 11) is 0. The summed E-state index contributed by atoms with van der Waals surface area (Å²) in [5.74, 6) is -3.17. The van der Waals surface area contributed by atoms with Gasteiger partial charge < -0.3 is 10.0 Å². The summed E-state index contributed by atoms with van der Waals surface area (Å²) >= 11 is 0. The molecule has 98 valence electrons. The highest BCUT2D eigenvalue weighted by Crippen LogP contribution is 2.43. The number of alkyl halides is 3. The Hall–Kier alpha value is -1.27. The first-order chi connectivity index (χ1) is 7.40. The molecule has 1 amide bonds. The summed E-state index contributed by atoms with van der Waals surface area (Å²) in [6.45, 7) is 3.80. The van der Waals surface area contributed by atoms with Crippen LogP contribution in [0.4, 0.5) is 13.2 Å². The molecular formula is C10H14F3NO3. The molecule has 0 radical (unpaired) electrons. The van der Waals surface area contributed by atoms with E-state index in [1.807, 2.05) is 0 Å². The van der Waals surface area contributed by atoms with Crippen LogP contribution in [-0.4, -0.2) is 40.1 Å². The first-order valence-electron chi connectivity index (χ1n) is 5.02. The number of rotatable bonds is 1. The van der Waals surface area contributed by atoms with Crippen LogP contribution in [0.3, 0.4) is 0 Å². The quantitative estimate of drug-likeness (QED) is 0.773. The number of halogens is 3. The molecule has 1 aliphatic rings. The molecule has 0 saturated carbocycles. The second-order valence-corrected chi connectivity index (χ2v) is 5.24. The minimum Gasteiger partial charge on any atom is -0.481 e. The number of hydrogen-bond acceptors (Lipinski definition) is 2. The monoisotopic (exact) mass is 253 g/mol. The second kappa shape index (κ2) is 3.61. The Kier molecular flexibility index (Phi) is 2.93. The van der Waals surface area contributed by atoms with E-state index in [4.69, 9.17) is 5.11 Å². The normalized spacial score (nSPS) is 28.2. The van der Waals surface area contributed by atoms with Crippen molar-refractivity contribution in [3.63, 3.8) is 0 Å². The Balaban J connectivity index is 3.04. The molecule has 7 heteroatoms. The van der Waals surface area contributed by atoms with Gasteiger partial charge in [0.2, 0.25) is 0 Å².